The Bertz CT molecular complexity index is 575. The van der Waals surface area contributed by atoms with Crippen LogP contribution in [0.5, 0.6) is 0 Å². The van der Waals surface area contributed by atoms with Gasteiger partial charge in [0.1, 0.15) is 5.82 Å². The van der Waals surface area contributed by atoms with Crippen LogP contribution in [0.3, 0.4) is 0 Å². The lowest BCUT2D eigenvalue weighted by Crippen LogP contribution is -2.22. The van der Waals surface area contributed by atoms with E-state index in [0.29, 0.717) is 12.1 Å². The molecule has 1 unspecified atom stereocenters. The minimum atomic E-state index is -0.235. The molecule has 1 atom stereocenters. The van der Waals surface area contributed by atoms with Crippen molar-refractivity contribution in [1.29, 1.82) is 0 Å². The second kappa shape index (κ2) is 5.53. The molecule has 2 N–H and O–H groups in total. The van der Waals surface area contributed by atoms with Gasteiger partial charge in [-0.25, -0.2) is 9.37 Å². The Morgan fingerprint density at radius 3 is 2.68 bits per heavy atom. The van der Waals surface area contributed by atoms with E-state index in [-0.39, 0.29) is 11.9 Å². The molecule has 2 rings (SSSR count). The monoisotopic (exact) mass is 261 g/mol. The van der Waals surface area contributed by atoms with E-state index in [1.165, 1.54) is 6.07 Å². The molecule has 102 valence electrons. The molecule has 0 aliphatic rings. The SMILES string of the molecule is CCC(N)Cc1cccc(F)c1-n1cnc(C)c1C. The van der Waals surface area contributed by atoms with Gasteiger partial charge in [-0.2, -0.15) is 0 Å². The lowest BCUT2D eigenvalue weighted by molar-refractivity contribution is 0.602. The number of para-hydroxylation sites is 1. The molecular formula is C15H20FN3. The third-order valence-electron chi connectivity index (χ3n) is 3.57. The minimum Gasteiger partial charge on any atom is -0.327 e. The molecule has 0 radical (unpaired) electrons. The Balaban J connectivity index is 2.52. The maximum absolute atomic E-state index is 14.2. The number of nitrogens with two attached hydrogens (primary N) is 1. The number of hydrogen-bond donors (Lipinski definition) is 1. The van der Waals surface area contributed by atoms with Crippen molar-refractivity contribution in [3.05, 3.63) is 47.3 Å². The summed E-state index contributed by atoms with van der Waals surface area (Å²) in [5, 5.41) is 0. The number of nitrogens with zero attached hydrogens (tertiary/aromatic N) is 2. The average Bonchev–Trinajstić information content (AvgIpc) is 2.71. The number of benzene rings is 1. The van der Waals surface area contributed by atoms with E-state index < -0.39 is 0 Å². The van der Waals surface area contributed by atoms with Crippen LogP contribution in [0.4, 0.5) is 4.39 Å². The largest absolute Gasteiger partial charge is 0.327 e. The number of rotatable bonds is 4. The van der Waals surface area contributed by atoms with Crippen molar-refractivity contribution >= 4 is 0 Å². The van der Waals surface area contributed by atoms with Crippen LogP contribution in [0.15, 0.2) is 24.5 Å². The van der Waals surface area contributed by atoms with Crippen molar-refractivity contribution in [3.63, 3.8) is 0 Å². The molecule has 2 aromatic rings. The standard InChI is InChI=1S/C15H20FN3/c1-4-13(17)8-12-6-5-7-14(16)15(12)19-9-18-10(2)11(19)3/h5-7,9,13H,4,8,17H2,1-3H3. The predicted molar refractivity (Wildman–Crippen MR) is 75.0 cm³/mol. The lowest BCUT2D eigenvalue weighted by Gasteiger charge is -2.16. The zero-order valence-corrected chi connectivity index (χ0v) is 11.7. The van der Waals surface area contributed by atoms with Crippen molar-refractivity contribution in [3.8, 4) is 5.69 Å². The first-order chi connectivity index (χ1) is 9.04. The van der Waals surface area contributed by atoms with Gasteiger partial charge in [-0.15, -0.1) is 0 Å². The summed E-state index contributed by atoms with van der Waals surface area (Å²) in [6.07, 6.45) is 3.21. The van der Waals surface area contributed by atoms with Gasteiger partial charge in [0.15, 0.2) is 0 Å². The highest BCUT2D eigenvalue weighted by molar-refractivity contribution is 5.44. The van der Waals surface area contributed by atoms with Crippen LogP contribution in [-0.2, 0) is 6.42 Å². The second-order valence-electron chi connectivity index (χ2n) is 4.91. The van der Waals surface area contributed by atoms with E-state index >= 15 is 0 Å². The first-order valence-corrected chi connectivity index (χ1v) is 6.58. The normalized spacial score (nSPS) is 12.7. The van der Waals surface area contributed by atoms with Crippen molar-refractivity contribution in [1.82, 2.24) is 9.55 Å². The fourth-order valence-corrected chi connectivity index (χ4v) is 2.15. The van der Waals surface area contributed by atoms with Crippen molar-refractivity contribution in [2.24, 2.45) is 5.73 Å². The minimum absolute atomic E-state index is 0.0467. The molecule has 0 bridgehead atoms. The molecule has 4 heteroatoms. The van der Waals surface area contributed by atoms with E-state index in [1.807, 2.05) is 31.4 Å². The van der Waals surface area contributed by atoms with E-state index in [9.17, 15) is 4.39 Å². The first-order valence-electron chi connectivity index (χ1n) is 6.58. The number of aromatic nitrogens is 2. The molecule has 3 nitrogen and oxygen atoms in total. The molecule has 0 aliphatic heterocycles. The van der Waals surface area contributed by atoms with Gasteiger partial charge in [0.25, 0.3) is 0 Å². The van der Waals surface area contributed by atoms with Crippen molar-refractivity contribution < 1.29 is 4.39 Å². The third kappa shape index (κ3) is 2.68. The van der Waals surface area contributed by atoms with E-state index in [1.54, 1.807) is 12.4 Å². The van der Waals surface area contributed by atoms with Crippen LogP contribution < -0.4 is 5.73 Å². The van der Waals surface area contributed by atoms with Crippen LogP contribution >= 0.6 is 0 Å². The molecule has 1 heterocycles. The topological polar surface area (TPSA) is 43.8 Å². The summed E-state index contributed by atoms with van der Waals surface area (Å²) in [5.41, 5.74) is 9.36. The van der Waals surface area contributed by atoms with E-state index in [0.717, 1.165) is 23.4 Å². The van der Waals surface area contributed by atoms with Gasteiger partial charge < -0.3 is 10.3 Å². The molecule has 0 saturated carbocycles. The molecular weight excluding hydrogens is 241 g/mol. The fourth-order valence-electron chi connectivity index (χ4n) is 2.15. The molecule has 19 heavy (non-hydrogen) atoms. The van der Waals surface area contributed by atoms with Crippen LogP contribution in [0, 0.1) is 19.7 Å². The quantitative estimate of drug-likeness (QED) is 0.919. The highest BCUT2D eigenvalue weighted by atomic mass is 19.1. The van der Waals surface area contributed by atoms with Gasteiger partial charge in [0.2, 0.25) is 0 Å². The van der Waals surface area contributed by atoms with E-state index in [4.69, 9.17) is 5.73 Å². The summed E-state index contributed by atoms with van der Waals surface area (Å²) < 4.78 is 16.0. The van der Waals surface area contributed by atoms with Gasteiger partial charge >= 0.3 is 0 Å². The van der Waals surface area contributed by atoms with Crippen LogP contribution in [0.25, 0.3) is 5.69 Å². The molecule has 0 saturated heterocycles. The van der Waals surface area contributed by atoms with Gasteiger partial charge in [0.05, 0.1) is 17.7 Å². The lowest BCUT2D eigenvalue weighted by atomic mass is 10.0. The highest BCUT2D eigenvalue weighted by Crippen LogP contribution is 2.23. The molecule has 0 amide bonds. The number of halogens is 1. The van der Waals surface area contributed by atoms with Gasteiger partial charge in [-0.05, 0) is 38.3 Å². The van der Waals surface area contributed by atoms with Crippen molar-refractivity contribution in [2.45, 2.75) is 39.7 Å². The number of aryl methyl sites for hydroxylation is 1. The Kier molecular flexibility index (Phi) is 4.00. The Morgan fingerprint density at radius 1 is 1.37 bits per heavy atom. The summed E-state index contributed by atoms with van der Waals surface area (Å²) in [4.78, 5) is 4.24. The van der Waals surface area contributed by atoms with Gasteiger partial charge in [0, 0.05) is 11.7 Å². The van der Waals surface area contributed by atoms with E-state index in [2.05, 4.69) is 4.98 Å². The summed E-state index contributed by atoms with van der Waals surface area (Å²) in [5.74, 6) is -0.235. The zero-order valence-electron chi connectivity index (χ0n) is 11.7. The Morgan fingerprint density at radius 2 is 2.11 bits per heavy atom. The number of hydrogen-bond acceptors (Lipinski definition) is 2. The molecule has 0 spiro atoms. The maximum atomic E-state index is 14.2. The fraction of sp³-hybridized carbons (Fsp3) is 0.400. The van der Waals surface area contributed by atoms with Crippen LogP contribution in [0.1, 0.15) is 30.3 Å². The highest BCUT2D eigenvalue weighted by Gasteiger charge is 2.15. The number of imidazole rings is 1. The second-order valence-corrected chi connectivity index (χ2v) is 4.91. The maximum Gasteiger partial charge on any atom is 0.147 e. The average molecular weight is 261 g/mol. The smallest absolute Gasteiger partial charge is 0.147 e. The Hall–Kier alpha value is -1.68. The summed E-state index contributed by atoms with van der Waals surface area (Å²) in [6, 6.07) is 5.19. The van der Waals surface area contributed by atoms with Gasteiger partial charge in [-0.3, -0.25) is 0 Å². The van der Waals surface area contributed by atoms with Crippen molar-refractivity contribution in [2.75, 3.05) is 0 Å². The predicted octanol–water partition coefficient (Wildman–Crippen LogP) is 2.91. The summed E-state index contributed by atoms with van der Waals surface area (Å²) in [6.45, 7) is 5.90. The molecule has 1 aromatic heterocycles. The van der Waals surface area contributed by atoms with Gasteiger partial charge in [-0.1, -0.05) is 19.1 Å². The summed E-state index contributed by atoms with van der Waals surface area (Å²) >= 11 is 0. The summed E-state index contributed by atoms with van der Waals surface area (Å²) in [7, 11) is 0. The zero-order chi connectivity index (χ0) is 14.0. The molecule has 0 fully saturated rings. The van der Waals surface area contributed by atoms with Crippen LogP contribution in [-0.4, -0.2) is 15.6 Å². The van der Waals surface area contributed by atoms with Crippen LogP contribution in [0.2, 0.25) is 0 Å². The molecule has 0 aliphatic carbocycles. The molecule has 1 aromatic carbocycles. The third-order valence-corrected chi connectivity index (χ3v) is 3.57. The Labute approximate surface area is 113 Å². The first kappa shape index (κ1) is 13.7.